The summed E-state index contributed by atoms with van der Waals surface area (Å²) < 4.78 is 0. The fraction of sp³-hybridized carbons (Fsp3) is 0.778. The number of carbonyl (C=O) groups is 1. The molecule has 2 aliphatic rings. The average Bonchev–Trinajstić information content (AvgIpc) is 2.92. The molecule has 4 nitrogen and oxygen atoms in total. The van der Waals surface area contributed by atoms with E-state index in [2.05, 4.69) is 5.32 Å². The number of rotatable bonds is 2. The molecule has 13 heavy (non-hydrogen) atoms. The summed E-state index contributed by atoms with van der Waals surface area (Å²) >= 11 is 0. The maximum atomic E-state index is 11.7. The van der Waals surface area contributed by atoms with Crippen LogP contribution in [-0.4, -0.2) is 36.0 Å². The SMILES string of the molecule is N#CCC1NCCN(C2CC2)C1=O. The smallest absolute Gasteiger partial charge is 0.241 e. The van der Waals surface area contributed by atoms with Gasteiger partial charge in [-0.25, -0.2) is 0 Å². The van der Waals surface area contributed by atoms with E-state index in [1.807, 2.05) is 11.0 Å². The topological polar surface area (TPSA) is 56.1 Å². The maximum absolute atomic E-state index is 11.7. The molecule has 1 saturated heterocycles. The minimum absolute atomic E-state index is 0.121. The van der Waals surface area contributed by atoms with Crippen LogP contribution in [0.4, 0.5) is 0 Å². The molecule has 70 valence electrons. The zero-order chi connectivity index (χ0) is 9.26. The Hall–Kier alpha value is -1.08. The first-order chi connectivity index (χ1) is 6.33. The van der Waals surface area contributed by atoms with E-state index in [-0.39, 0.29) is 11.9 Å². The molecule has 1 saturated carbocycles. The van der Waals surface area contributed by atoms with Gasteiger partial charge in [0.05, 0.1) is 12.5 Å². The number of amides is 1. The van der Waals surface area contributed by atoms with Crippen LogP contribution in [0.15, 0.2) is 0 Å². The van der Waals surface area contributed by atoms with Gasteiger partial charge in [0.25, 0.3) is 0 Å². The summed E-state index contributed by atoms with van der Waals surface area (Å²) in [5, 5.41) is 11.6. The van der Waals surface area contributed by atoms with Crippen LogP contribution in [0, 0.1) is 11.3 Å². The molecule has 1 N–H and O–H groups in total. The molecule has 0 radical (unpaired) electrons. The quantitative estimate of drug-likeness (QED) is 0.642. The van der Waals surface area contributed by atoms with Crippen molar-refractivity contribution in [2.24, 2.45) is 0 Å². The molecule has 1 amide bonds. The number of nitriles is 1. The van der Waals surface area contributed by atoms with Crippen LogP contribution in [-0.2, 0) is 4.79 Å². The number of hydrogen-bond acceptors (Lipinski definition) is 3. The summed E-state index contributed by atoms with van der Waals surface area (Å²) in [6.07, 6.45) is 2.58. The van der Waals surface area contributed by atoms with E-state index in [0.29, 0.717) is 12.5 Å². The van der Waals surface area contributed by atoms with Gasteiger partial charge in [0.1, 0.15) is 6.04 Å². The van der Waals surface area contributed by atoms with Crippen molar-refractivity contribution in [3.8, 4) is 6.07 Å². The summed E-state index contributed by atoms with van der Waals surface area (Å²) in [5.74, 6) is 0.121. The first-order valence-corrected chi connectivity index (χ1v) is 4.73. The fourth-order valence-corrected chi connectivity index (χ4v) is 1.76. The first-order valence-electron chi connectivity index (χ1n) is 4.73. The molecule has 0 aromatic carbocycles. The lowest BCUT2D eigenvalue weighted by Crippen LogP contribution is -2.55. The highest BCUT2D eigenvalue weighted by atomic mass is 16.2. The van der Waals surface area contributed by atoms with Gasteiger partial charge in [0, 0.05) is 19.1 Å². The molecule has 2 fully saturated rings. The van der Waals surface area contributed by atoms with Crippen molar-refractivity contribution in [2.45, 2.75) is 31.3 Å². The third kappa shape index (κ3) is 1.65. The minimum atomic E-state index is -0.251. The van der Waals surface area contributed by atoms with E-state index in [9.17, 15) is 4.79 Å². The highest BCUT2D eigenvalue weighted by molar-refractivity contribution is 5.83. The maximum Gasteiger partial charge on any atom is 0.241 e. The van der Waals surface area contributed by atoms with Gasteiger partial charge >= 0.3 is 0 Å². The Labute approximate surface area is 77.5 Å². The van der Waals surface area contributed by atoms with Crippen LogP contribution in [0.3, 0.4) is 0 Å². The predicted octanol–water partition coefficient (Wildman–Crippen LogP) is -0.137. The summed E-state index contributed by atoms with van der Waals surface area (Å²) in [7, 11) is 0. The number of nitrogens with zero attached hydrogens (tertiary/aromatic N) is 2. The van der Waals surface area contributed by atoms with E-state index in [4.69, 9.17) is 5.26 Å². The molecule has 0 aromatic rings. The Morgan fingerprint density at radius 2 is 2.38 bits per heavy atom. The van der Waals surface area contributed by atoms with E-state index >= 15 is 0 Å². The van der Waals surface area contributed by atoms with Gasteiger partial charge in [0.15, 0.2) is 0 Å². The number of nitrogens with one attached hydrogen (secondary N) is 1. The second-order valence-corrected chi connectivity index (χ2v) is 3.63. The fourth-order valence-electron chi connectivity index (χ4n) is 1.76. The van der Waals surface area contributed by atoms with Gasteiger partial charge in [-0.15, -0.1) is 0 Å². The molecule has 0 spiro atoms. The lowest BCUT2D eigenvalue weighted by Gasteiger charge is -2.32. The zero-order valence-corrected chi connectivity index (χ0v) is 7.49. The van der Waals surface area contributed by atoms with E-state index in [1.165, 1.54) is 0 Å². The van der Waals surface area contributed by atoms with Crippen molar-refractivity contribution in [3.63, 3.8) is 0 Å². The lowest BCUT2D eigenvalue weighted by molar-refractivity contribution is -0.136. The Bertz CT molecular complexity index is 254. The second kappa shape index (κ2) is 3.35. The van der Waals surface area contributed by atoms with Gasteiger partial charge < -0.3 is 10.2 Å². The van der Waals surface area contributed by atoms with Crippen molar-refractivity contribution in [1.82, 2.24) is 10.2 Å². The number of hydrogen-bond donors (Lipinski definition) is 1. The van der Waals surface area contributed by atoms with E-state index in [0.717, 1.165) is 25.9 Å². The molecule has 1 unspecified atom stereocenters. The Balaban J connectivity index is 1.99. The highest BCUT2D eigenvalue weighted by Crippen LogP contribution is 2.28. The summed E-state index contributed by atoms with van der Waals surface area (Å²) in [4.78, 5) is 13.6. The van der Waals surface area contributed by atoms with Crippen molar-refractivity contribution in [3.05, 3.63) is 0 Å². The Morgan fingerprint density at radius 3 is 3.00 bits per heavy atom. The summed E-state index contributed by atoms with van der Waals surface area (Å²) in [5.41, 5.74) is 0. The molecule has 4 heteroatoms. The number of piperazine rings is 1. The predicted molar refractivity (Wildman–Crippen MR) is 46.8 cm³/mol. The Kier molecular flexibility index (Phi) is 2.19. The van der Waals surface area contributed by atoms with Gasteiger partial charge in [-0.3, -0.25) is 4.79 Å². The monoisotopic (exact) mass is 179 g/mol. The summed E-state index contributed by atoms with van der Waals surface area (Å²) in [6, 6.07) is 2.27. The van der Waals surface area contributed by atoms with Crippen molar-refractivity contribution in [1.29, 1.82) is 5.26 Å². The van der Waals surface area contributed by atoms with Gasteiger partial charge in [-0.05, 0) is 12.8 Å². The molecular weight excluding hydrogens is 166 g/mol. The third-order valence-electron chi connectivity index (χ3n) is 2.61. The van der Waals surface area contributed by atoms with Crippen LogP contribution in [0.1, 0.15) is 19.3 Å². The molecular formula is C9H13N3O. The molecule has 1 heterocycles. The van der Waals surface area contributed by atoms with Crippen LogP contribution in [0.25, 0.3) is 0 Å². The number of carbonyl (C=O) groups excluding carboxylic acids is 1. The zero-order valence-electron chi connectivity index (χ0n) is 7.49. The van der Waals surface area contributed by atoms with Crippen molar-refractivity contribution < 1.29 is 4.79 Å². The Morgan fingerprint density at radius 1 is 1.62 bits per heavy atom. The highest BCUT2D eigenvalue weighted by Gasteiger charge is 2.37. The van der Waals surface area contributed by atoms with Crippen molar-refractivity contribution in [2.75, 3.05) is 13.1 Å². The van der Waals surface area contributed by atoms with E-state index in [1.54, 1.807) is 0 Å². The third-order valence-corrected chi connectivity index (χ3v) is 2.61. The molecule has 1 aliphatic heterocycles. The van der Waals surface area contributed by atoms with Crippen LogP contribution < -0.4 is 5.32 Å². The van der Waals surface area contributed by atoms with Crippen LogP contribution in [0.5, 0.6) is 0 Å². The summed E-state index contributed by atoms with van der Waals surface area (Å²) in [6.45, 7) is 1.64. The normalized spacial score (nSPS) is 28.7. The molecule has 2 rings (SSSR count). The minimum Gasteiger partial charge on any atom is -0.337 e. The molecule has 0 aromatic heterocycles. The molecule has 1 atom stereocenters. The van der Waals surface area contributed by atoms with E-state index < -0.39 is 0 Å². The largest absolute Gasteiger partial charge is 0.337 e. The molecule has 0 bridgehead atoms. The van der Waals surface area contributed by atoms with Crippen LogP contribution in [0.2, 0.25) is 0 Å². The molecule has 1 aliphatic carbocycles. The van der Waals surface area contributed by atoms with Gasteiger partial charge in [0.2, 0.25) is 5.91 Å². The van der Waals surface area contributed by atoms with Gasteiger partial charge in [-0.2, -0.15) is 5.26 Å². The second-order valence-electron chi connectivity index (χ2n) is 3.63. The van der Waals surface area contributed by atoms with Crippen molar-refractivity contribution >= 4 is 5.91 Å². The first kappa shape index (κ1) is 8.52. The standard InChI is InChI=1S/C9H13N3O/c10-4-3-8-9(13)12(6-5-11-8)7-1-2-7/h7-8,11H,1-3,5-6H2. The lowest BCUT2D eigenvalue weighted by atomic mass is 10.1. The van der Waals surface area contributed by atoms with Crippen LogP contribution >= 0.6 is 0 Å². The average molecular weight is 179 g/mol. The van der Waals surface area contributed by atoms with Gasteiger partial charge in [-0.1, -0.05) is 0 Å².